The number of carbonyl (C=O) groups excluding carboxylic acids is 1. The number of hydrogen-bond acceptors (Lipinski definition) is 4. The van der Waals surface area contributed by atoms with Gasteiger partial charge in [-0.15, -0.1) is 0 Å². The van der Waals surface area contributed by atoms with Gasteiger partial charge in [-0.05, 0) is 25.5 Å². The van der Waals surface area contributed by atoms with Crippen molar-refractivity contribution >= 4 is 21.4 Å². The van der Waals surface area contributed by atoms with Gasteiger partial charge >= 0.3 is 0 Å². The van der Waals surface area contributed by atoms with Crippen LogP contribution in [-0.2, 0) is 14.6 Å². The molecule has 1 rings (SSSR count). The Morgan fingerprint density at radius 1 is 1.40 bits per heavy atom. The Labute approximate surface area is 120 Å². The Morgan fingerprint density at radius 3 is 2.70 bits per heavy atom. The lowest BCUT2D eigenvalue weighted by Gasteiger charge is -2.12. The number of hydrogen-bond donors (Lipinski definition) is 1. The van der Waals surface area contributed by atoms with Crippen LogP contribution in [0.2, 0.25) is 0 Å². The molecule has 0 aliphatic rings. The number of amides is 1. The molecule has 6 heteroatoms. The number of carbonyl (C=O) groups is 1. The van der Waals surface area contributed by atoms with E-state index < -0.39 is 21.0 Å². The highest BCUT2D eigenvalue weighted by atomic mass is 32.2. The van der Waals surface area contributed by atoms with Crippen LogP contribution in [-0.4, -0.2) is 32.4 Å². The molecule has 1 amide bonds. The van der Waals surface area contributed by atoms with Gasteiger partial charge in [0.1, 0.15) is 11.0 Å². The van der Waals surface area contributed by atoms with Crippen LogP contribution >= 0.6 is 0 Å². The van der Waals surface area contributed by atoms with Crippen LogP contribution in [0.3, 0.4) is 0 Å². The molecule has 0 saturated heterocycles. The Kier molecular flexibility index (Phi) is 6.01. The third-order valence-corrected chi connectivity index (χ3v) is 4.38. The van der Waals surface area contributed by atoms with Gasteiger partial charge in [-0.3, -0.25) is 4.79 Å². The Hall–Kier alpha value is -1.56. The molecule has 0 fully saturated rings. The zero-order valence-electron chi connectivity index (χ0n) is 12.0. The fraction of sp³-hybridized carbons (Fsp3) is 0.500. The number of nitrogens with one attached hydrogen (secondary N) is 1. The minimum Gasteiger partial charge on any atom is -0.494 e. The predicted molar refractivity (Wildman–Crippen MR) is 79.8 cm³/mol. The second kappa shape index (κ2) is 7.28. The molecule has 0 bridgehead atoms. The highest BCUT2D eigenvalue weighted by Crippen LogP contribution is 2.18. The molecule has 0 aliphatic carbocycles. The average Bonchev–Trinajstić information content (AvgIpc) is 2.37. The minimum atomic E-state index is -3.39. The van der Waals surface area contributed by atoms with Crippen molar-refractivity contribution in [3.8, 4) is 5.75 Å². The molecule has 0 radical (unpaired) electrons. The number of sulfone groups is 1. The molecule has 1 aromatic carbocycles. The molecule has 5 nitrogen and oxygen atoms in total. The molecule has 0 heterocycles. The molecule has 0 aromatic heterocycles. The Morgan fingerprint density at radius 2 is 2.10 bits per heavy atom. The number of rotatable bonds is 7. The lowest BCUT2D eigenvalue weighted by Crippen LogP contribution is -2.31. The van der Waals surface area contributed by atoms with E-state index in [2.05, 4.69) is 12.2 Å². The predicted octanol–water partition coefficient (Wildman–Crippen LogP) is 2.24. The van der Waals surface area contributed by atoms with E-state index in [-0.39, 0.29) is 0 Å². The van der Waals surface area contributed by atoms with Gasteiger partial charge in [-0.1, -0.05) is 19.4 Å². The Balaban J connectivity index is 2.68. The normalized spacial score (nSPS) is 12.8. The van der Waals surface area contributed by atoms with Crippen LogP contribution in [0.5, 0.6) is 5.75 Å². The first-order valence-electron chi connectivity index (χ1n) is 6.57. The molecule has 1 atom stereocenters. The highest BCUT2D eigenvalue weighted by molar-refractivity contribution is 7.92. The maximum Gasteiger partial charge on any atom is 0.242 e. The van der Waals surface area contributed by atoms with Gasteiger partial charge in [0, 0.05) is 18.0 Å². The van der Waals surface area contributed by atoms with Crippen LogP contribution in [0, 0.1) is 0 Å². The van der Waals surface area contributed by atoms with Gasteiger partial charge in [0.2, 0.25) is 5.91 Å². The van der Waals surface area contributed by atoms with E-state index in [1.165, 1.54) is 6.92 Å². The van der Waals surface area contributed by atoms with Crippen LogP contribution < -0.4 is 10.1 Å². The van der Waals surface area contributed by atoms with Crippen LogP contribution in [0.25, 0.3) is 0 Å². The van der Waals surface area contributed by atoms with Gasteiger partial charge in [0.25, 0.3) is 0 Å². The van der Waals surface area contributed by atoms with Crippen molar-refractivity contribution in [2.75, 3.05) is 18.2 Å². The molecule has 112 valence electrons. The summed E-state index contributed by atoms with van der Waals surface area (Å²) in [5.41, 5.74) is 0.527. The largest absolute Gasteiger partial charge is 0.494 e. The zero-order chi connectivity index (χ0) is 15.2. The van der Waals surface area contributed by atoms with E-state index in [0.29, 0.717) is 18.0 Å². The van der Waals surface area contributed by atoms with Gasteiger partial charge in [0.05, 0.1) is 6.61 Å². The van der Waals surface area contributed by atoms with E-state index in [1.54, 1.807) is 24.3 Å². The van der Waals surface area contributed by atoms with Crippen LogP contribution in [0.15, 0.2) is 24.3 Å². The average molecular weight is 299 g/mol. The summed E-state index contributed by atoms with van der Waals surface area (Å²) in [6, 6.07) is 6.93. The first kappa shape index (κ1) is 16.5. The molecule has 0 aliphatic heterocycles. The molecule has 0 unspecified atom stereocenters. The summed E-state index contributed by atoms with van der Waals surface area (Å²) in [7, 11) is -3.39. The fourth-order valence-electron chi connectivity index (χ4n) is 1.44. The lowest BCUT2D eigenvalue weighted by molar-refractivity contribution is -0.115. The van der Waals surface area contributed by atoms with Gasteiger partial charge in [0.15, 0.2) is 9.84 Å². The molecule has 0 saturated carbocycles. The van der Waals surface area contributed by atoms with Gasteiger partial charge in [-0.25, -0.2) is 8.42 Å². The standard InChI is InChI=1S/C14H21NO4S/c1-4-5-9-19-13-8-6-7-12(10-13)15-14(16)11(2)20(3,17)18/h6-8,10-11H,4-5,9H2,1-3H3,(H,15,16)/t11-/m1/s1. The summed E-state index contributed by atoms with van der Waals surface area (Å²) in [4.78, 5) is 11.8. The summed E-state index contributed by atoms with van der Waals surface area (Å²) in [5.74, 6) is 0.112. The molecule has 0 spiro atoms. The summed E-state index contributed by atoms with van der Waals surface area (Å²) in [6.45, 7) is 4.06. The van der Waals surface area contributed by atoms with E-state index >= 15 is 0 Å². The maximum atomic E-state index is 11.8. The molecule has 1 aromatic rings. The number of benzene rings is 1. The Bertz CT molecular complexity index is 554. The van der Waals surface area contributed by atoms with Crippen LogP contribution in [0.1, 0.15) is 26.7 Å². The third kappa shape index (κ3) is 5.21. The van der Waals surface area contributed by atoms with Crippen molar-refractivity contribution in [1.29, 1.82) is 0 Å². The molecule has 1 N–H and O–H groups in total. The van der Waals surface area contributed by atoms with Crippen molar-refractivity contribution in [2.24, 2.45) is 0 Å². The SMILES string of the molecule is CCCCOc1cccc(NC(=O)[C@@H](C)S(C)(=O)=O)c1. The van der Waals surface area contributed by atoms with Gasteiger partial charge in [-0.2, -0.15) is 0 Å². The zero-order valence-corrected chi connectivity index (χ0v) is 12.9. The molecule has 20 heavy (non-hydrogen) atoms. The maximum absolute atomic E-state index is 11.8. The monoisotopic (exact) mass is 299 g/mol. The van der Waals surface area contributed by atoms with Gasteiger partial charge < -0.3 is 10.1 Å². The number of ether oxygens (including phenoxy) is 1. The lowest BCUT2D eigenvalue weighted by atomic mass is 10.3. The van der Waals surface area contributed by atoms with Crippen molar-refractivity contribution in [3.05, 3.63) is 24.3 Å². The van der Waals surface area contributed by atoms with E-state index in [9.17, 15) is 13.2 Å². The number of anilines is 1. The smallest absolute Gasteiger partial charge is 0.242 e. The molecular formula is C14H21NO4S. The van der Waals surface area contributed by atoms with E-state index in [1.807, 2.05) is 0 Å². The van der Waals surface area contributed by atoms with Crippen molar-refractivity contribution < 1.29 is 17.9 Å². The minimum absolute atomic E-state index is 0.527. The summed E-state index contributed by atoms with van der Waals surface area (Å²) < 4.78 is 28.2. The van der Waals surface area contributed by atoms with E-state index in [0.717, 1.165) is 19.1 Å². The first-order chi connectivity index (χ1) is 9.34. The molecular weight excluding hydrogens is 278 g/mol. The second-order valence-corrected chi connectivity index (χ2v) is 7.06. The number of unbranched alkanes of at least 4 members (excludes halogenated alkanes) is 1. The summed E-state index contributed by atoms with van der Waals surface area (Å²) >= 11 is 0. The topological polar surface area (TPSA) is 72.5 Å². The van der Waals surface area contributed by atoms with Crippen molar-refractivity contribution in [1.82, 2.24) is 0 Å². The summed E-state index contributed by atoms with van der Waals surface area (Å²) in [5, 5.41) is 1.50. The van der Waals surface area contributed by atoms with E-state index in [4.69, 9.17) is 4.74 Å². The fourth-order valence-corrected chi connectivity index (χ4v) is 1.88. The first-order valence-corrected chi connectivity index (χ1v) is 8.52. The highest BCUT2D eigenvalue weighted by Gasteiger charge is 2.23. The van der Waals surface area contributed by atoms with Crippen molar-refractivity contribution in [3.63, 3.8) is 0 Å². The second-order valence-electron chi connectivity index (χ2n) is 4.69. The third-order valence-electron chi connectivity index (χ3n) is 2.88. The van der Waals surface area contributed by atoms with Crippen LogP contribution in [0.4, 0.5) is 5.69 Å². The van der Waals surface area contributed by atoms with Crippen molar-refractivity contribution in [2.45, 2.75) is 31.9 Å². The quantitative estimate of drug-likeness (QED) is 0.784. The summed E-state index contributed by atoms with van der Waals surface area (Å²) in [6.07, 6.45) is 3.05.